The number of carbonyl (C=O) groups excluding carboxylic acids is 1. The van der Waals surface area contributed by atoms with Gasteiger partial charge in [-0.1, -0.05) is 39.0 Å². The lowest BCUT2D eigenvalue weighted by Crippen LogP contribution is -2.31. The molecule has 0 radical (unpaired) electrons. The third-order valence-corrected chi connectivity index (χ3v) is 6.05. The average molecular weight is 393 g/mol. The molecule has 0 aliphatic heterocycles. The Morgan fingerprint density at radius 2 is 1.90 bits per heavy atom. The predicted octanol–water partition coefficient (Wildman–Crippen LogP) is 5.54. The number of aryl methyl sites for hydroxylation is 1. The summed E-state index contributed by atoms with van der Waals surface area (Å²) in [6, 6.07) is 12.6. The van der Waals surface area contributed by atoms with Crippen LogP contribution in [0, 0.1) is 30.1 Å². The molecule has 0 bridgehead atoms. The lowest BCUT2D eigenvalue weighted by molar-refractivity contribution is 0.0913. The van der Waals surface area contributed by atoms with E-state index < -0.39 is 0 Å². The van der Waals surface area contributed by atoms with E-state index in [0.717, 1.165) is 31.4 Å². The molecule has 29 heavy (non-hydrogen) atoms. The SMILES string of the molecule is Cc1ccc(C(C)(C)C)cc1Cc1ccc(C(=O)NCC2CCC(C#N)CC2)o1. The molecule has 0 saturated heterocycles. The van der Waals surface area contributed by atoms with E-state index in [1.54, 1.807) is 6.07 Å². The van der Waals surface area contributed by atoms with Gasteiger partial charge in [-0.25, -0.2) is 0 Å². The van der Waals surface area contributed by atoms with Crippen LogP contribution in [0.4, 0.5) is 0 Å². The Balaban J connectivity index is 1.58. The number of hydrogen-bond acceptors (Lipinski definition) is 3. The van der Waals surface area contributed by atoms with E-state index in [0.29, 0.717) is 24.6 Å². The van der Waals surface area contributed by atoms with Gasteiger partial charge in [-0.05, 0) is 72.8 Å². The van der Waals surface area contributed by atoms with E-state index in [9.17, 15) is 4.79 Å². The predicted molar refractivity (Wildman–Crippen MR) is 115 cm³/mol. The van der Waals surface area contributed by atoms with Crippen LogP contribution in [0.5, 0.6) is 0 Å². The minimum Gasteiger partial charge on any atom is -0.456 e. The number of benzene rings is 1. The first-order chi connectivity index (χ1) is 13.8. The van der Waals surface area contributed by atoms with Crippen molar-refractivity contribution in [2.24, 2.45) is 11.8 Å². The van der Waals surface area contributed by atoms with Crippen molar-refractivity contribution in [2.75, 3.05) is 6.54 Å². The van der Waals surface area contributed by atoms with Crippen LogP contribution in [-0.4, -0.2) is 12.5 Å². The van der Waals surface area contributed by atoms with E-state index in [2.05, 4.69) is 57.3 Å². The third-order valence-electron chi connectivity index (χ3n) is 6.05. The third kappa shape index (κ3) is 5.50. The summed E-state index contributed by atoms with van der Waals surface area (Å²) < 4.78 is 5.85. The maximum Gasteiger partial charge on any atom is 0.287 e. The van der Waals surface area contributed by atoms with Crippen molar-refractivity contribution in [1.29, 1.82) is 5.26 Å². The van der Waals surface area contributed by atoms with Gasteiger partial charge in [-0.15, -0.1) is 0 Å². The number of furan rings is 1. The fourth-order valence-electron chi connectivity index (χ4n) is 3.93. The number of carbonyl (C=O) groups is 1. The molecule has 1 aromatic carbocycles. The van der Waals surface area contributed by atoms with Gasteiger partial charge in [-0.3, -0.25) is 4.79 Å². The van der Waals surface area contributed by atoms with Gasteiger partial charge in [0.1, 0.15) is 5.76 Å². The molecule has 4 heteroatoms. The van der Waals surface area contributed by atoms with Gasteiger partial charge in [0.2, 0.25) is 0 Å². The standard InChI is InChI=1S/C25H32N2O2/c1-17-5-10-21(25(2,3)4)13-20(17)14-22-11-12-23(29-22)24(28)27-16-19-8-6-18(15-26)7-9-19/h5,10-13,18-19H,6-9,14,16H2,1-4H3,(H,27,28). The van der Waals surface area contributed by atoms with Crippen LogP contribution in [0.25, 0.3) is 0 Å². The number of nitrogens with one attached hydrogen (secondary N) is 1. The number of nitrogens with zero attached hydrogens (tertiary/aromatic N) is 1. The van der Waals surface area contributed by atoms with Crippen molar-refractivity contribution in [2.45, 2.75) is 65.2 Å². The molecule has 1 aromatic heterocycles. The Morgan fingerprint density at radius 3 is 2.55 bits per heavy atom. The lowest BCUT2D eigenvalue weighted by atomic mass is 9.83. The zero-order chi connectivity index (χ0) is 21.0. The molecule has 3 rings (SSSR count). The summed E-state index contributed by atoms with van der Waals surface area (Å²) in [5, 5.41) is 12.0. The van der Waals surface area contributed by atoms with E-state index in [1.807, 2.05) is 6.07 Å². The van der Waals surface area contributed by atoms with Crippen LogP contribution in [-0.2, 0) is 11.8 Å². The Bertz CT molecular complexity index is 890. The van der Waals surface area contributed by atoms with Crippen molar-refractivity contribution in [1.82, 2.24) is 5.32 Å². The highest BCUT2D eigenvalue weighted by Crippen LogP contribution is 2.28. The zero-order valence-corrected chi connectivity index (χ0v) is 18.0. The second-order valence-corrected chi connectivity index (χ2v) is 9.39. The summed E-state index contributed by atoms with van der Waals surface area (Å²) >= 11 is 0. The Morgan fingerprint density at radius 1 is 1.17 bits per heavy atom. The molecular weight excluding hydrogens is 360 g/mol. The average Bonchev–Trinajstić information content (AvgIpc) is 3.16. The van der Waals surface area contributed by atoms with Crippen LogP contribution in [0.1, 0.15) is 79.5 Å². The molecule has 0 unspecified atom stereocenters. The second kappa shape index (κ2) is 8.86. The molecular formula is C25H32N2O2. The van der Waals surface area contributed by atoms with E-state index in [4.69, 9.17) is 9.68 Å². The topological polar surface area (TPSA) is 66.0 Å². The highest BCUT2D eigenvalue weighted by atomic mass is 16.3. The molecule has 0 spiro atoms. The van der Waals surface area contributed by atoms with Crippen molar-refractivity contribution in [3.63, 3.8) is 0 Å². The summed E-state index contributed by atoms with van der Waals surface area (Å²) in [7, 11) is 0. The number of rotatable bonds is 5. The molecule has 1 saturated carbocycles. The molecule has 2 aromatic rings. The van der Waals surface area contributed by atoms with Crippen molar-refractivity contribution in [3.8, 4) is 6.07 Å². The second-order valence-electron chi connectivity index (χ2n) is 9.39. The van der Waals surface area contributed by atoms with Gasteiger partial charge in [-0.2, -0.15) is 5.26 Å². The summed E-state index contributed by atoms with van der Waals surface area (Å²) in [5.41, 5.74) is 3.86. The summed E-state index contributed by atoms with van der Waals surface area (Å²) in [6.07, 6.45) is 4.57. The van der Waals surface area contributed by atoms with Gasteiger partial charge >= 0.3 is 0 Å². The van der Waals surface area contributed by atoms with E-state index in [-0.39, 0.29) is 17.2 Å². The largest absolute Gasteiger partial charge is 0.456 e. The molecule has 1 amide bonds. The molecule has 154 valence electrons. The molecule has 1 aliphatic rings. The Kier molecular flexibility index (Phi) is 6.47. The first-order valence-electron chi connectivity index (χ1n) is 10.6. The molecule has 0 atom stereocenters. The fraction of sp³-hybridized carbons (Fsp3) is 0.520. The lowest BCUT2D eigenvalue weighted by Gasteiger charge is -2.24. The summed E-state index contributed by atoms with van der Waals surface area (Å²) in [6.45, 7) is 9.40. The Hall–Kier alpha value is -2.54. The quantitative estimate of drug-likeness (QED) is 0.727. The maximum atomic E-state index is 12.5. The number of hydrogen-bond donors (Lipinski definition) is 1. The smallest absolute Gasteiger partial charge is 0.287 e. The van der Waals surface area contributed by atoms with Crippen molar-refractivity contribution in [3.05, 3.63) is 58.5 Å². The van der Waals surface area contributed by atoms with Crippen molar-refractivity contribution < 1.29 is 9.21 Å². The van der Waals surface area contributed by atoms with Gasteiger partial charge in [0.15, 0.2) is 5.76 Å². The van der Waals surface area contributed by atoms with Gasteiger partial charge in [0.25, 0.3) is 5.91 Å². The first kappa shape index (κ1) is 21.2. The van der Waals surface area contributed by atoms with Gasteiger partial charge < -0.3 is 9.73 Å². The van der Waals surface area contributed by atoms with Gasteiger partial charge in [0, 0.05) is 18.9 Å². The molecule has 1 fully saturated rings. The monoisotopic (exact) mass is 392 g/mol. The summed E-state index contributed by atoms with van der Waals surface area (Å²) in [4.78, 5) is 12.5. The number of amides is 1. The molecule has 1 N–H and O–H groups in total. The molecule has 1 aliphatic carbocycles. The van der Waals surface area contributed by atoms with Crippen LogP contribution in [0.15, 0.2) is 34.7 Å². The Labute approximate surface area is 174 Å². The highest BCUT2D eigenvalue weighted by Gasteiger charge is 2.22. The van der Waals surface area contributed by atoms with Crippen LogP contribution < -0.4 is 5.32 Å². The normalized spacial score (nSPS) is 19.6. The fourth-order valence-corrected chi connectivity index (χ4v) is 3.93. The van der Waals surface area contributed by atoms with Gasteiger partial charge in [0.05, 0.1) is 6.07 Å². The number of nitriles is 1. The van der Waals surface area contributed by atoms with Crippen LogP contribution in [0.2, 0.25) is 0 Å². The van der Waals surface area contributed by atoms with E-state index >= 15 is 0 Å². The molecule has 1 heterocycles. The summed E-state index contributed by atoms with van der Waals surface area (Å²) in [5.74, 6) is 1.67. The highest BCUT2D eigenvalue weighted by molar-refractivity contribution is 5.91. The minimum absolute atomic E-state index is 0.100. The van der Waals surface area contributed by atoms with Crippen LogP contribution >= 0.6 is 0 Å². The van der Waals surface area contributed by atoms with Crippen molar-refractivity contribution >= 4 is 5.91 Å². The van der Waals surface area contributed by atoms with Crippen LogP contribution in [0.3, 0.4) is 0 Å². The first-order valence-corrected chi connectivity index (χ1v) is 10.6. The zero-order valence-electron chi connectivity index (χ0n) is 18.0. The molecule has 4 nitrogen and oxygen atoms in total. The maximum absolute atomic E-state index is 12.5. The minimum atomic E-state index is -0.154. The van der Waals surface area contributed by atoms with E-state index in [1.165, 1.54) is 16.7 Å².